The van der Waals surface area contributed by atoms with E-state index in [0.29, 0.717) is 13.3 Å². The zero-order chi connectivity index (χ0) is 13.1. The molecule has 0 spiro atoms. The predicted molar refractivity (Wildman–Crippen MR) is 57.5 cm³/mol. The number of hydrogen-bond donors (Lipinski definition) is 2. The molecule has 0 fully saturated rings. The Morgan fingerprint density at radius 3 is 2.71 bits per heavy atom. The molecule has 0 aliphatic rings. The number of carbonyl (C=O) groups is 1. The van der Waals surface area contributed by atoms with E-state index in [2.05, 4.69) is 10.3 Å². The van der Waals surface area contributed by atoms with Gasteiger partial charge in [-0.3, -0.25) is 4.79 Å². The van der Waals surface area contributed by atoms with Gasteiger partial charge < -0.3 is 11.1 Å². The molecule has 0 bridgehead atoms. The number of amides is 1. The van der Waals surface area contributed by atoms with Gasteiger partial charge in [0.25, 0.3) is 0 Å². The lowest BCUT2D eigenvalue weighted by molar-refractivity contribution is -0.187. The normalized spacial score (nSPS) is 15.4. The molecular weight excluding hydrogens is 255 g/mol. The van der Waals surface area contributed by atoms with E-state index in [1.807, 2.05) is 0 Å². The molecule has 96 valence electrons. The quantitative estimate of drug-likeness (QED) is 0.857. The molecule has 17 heavy (non-hydrogen) atoms. The van der Waals surface area contributed by atoms with Crippen LogP contribution in [0.3, 0.4) is 0 Å². The zero-order valence-electron chi connectivity index (χ0n) is 9.04. The van der Waals surface area contributed by atoms with Crippen molar-refractivity contribution in [1.82, 2.24) is 10.3 Å². The van der Waals surface area contributed by atoms with Gasteiger partial charge in [0, 0.05) is 24.5 Å². The second-order valence-corrected chi connectivity index (χ2v) is 4.61. The first-order chi connectivity index (χ1) is 7.75. The molecule has 1 rings (SSSR count). The summed E-state index contributed by atoms with van der Waals surface area (Å²) in [6.45, 7) is 0.723. The highest BCUT2D eigenvalue weighted by Gasteiger charge is 2.53. The second kappa shape index (κ2) is 5.01. The molecule has 0 aliphatic carbocycles. The van der Waals surface area contributed by atoms with Gasteiger partial charge in [-0.1, -0.05) is 0 Å². The summed E-state index contributed by atoms with van der Waals surface area (Å²) in [6, 6.07) is 0. The maximum atomic E-state index is 12.4. The van der Waals surface area contributed by atoms with Crippen molar-refractivity contribution >= 4 is 17.2 Å². The first-order valence-corrected chi connectivity index (χ1v) is 5.65. The highest BCUT2D eigenvalue weighted by Crippen LogP contribution is 2.27. The lowest BCUT2D eigenvalue weighted by atomic mass is 10.0. The van der Waals surface area contributed by atoms with E-state index in [0.717, 1.165) is 5.01 Å². The maximum Gasteiger partial charge on any atom is 0.415 e. The van der Waals surface area contributed by atoms with Crippen molar-refractivity contribution in [1.29, 1.82) is 0 Å². The first-order valence-electron chi connectivity index (χ1n) is 4.77. The van der Waals surface area contributed by atoms with E-state index < -0.39 is 17.6 Å². The van der Waals surface area contributed by atoms with Crippen LogP contribution in [0.2, 0.25) is 0 Å². The average molecular weight is 267 g/mol. The third-order valence-corrected chi connectivity index (χ3v) is 3.01. The summed E-state index contributed by atoms with van der Waals surface area (Å²) in [5.41, 5.74) is 2.08. The van der Waals surface area contributed by atoms with Crippen molar-refractivity contribution in [3.8, 4) is 0 Å². The number of hydrogen-bond acceptors (Lipinski definition) is 4. The Morgan fingerprint density at radius 2 is 2.24 bits per heavy atom. The summed E-state index contributed by atoms with van der Waals surface area (Å²) in [5.74, 6) is -1.23. The Balaban J connectivity index is 2.45. The summed E-state index contributed by atoms with van der Waals surface area (Å²) >= 11 is 1.37. The third-order valence-electron chi connectivity index (χ3n) is 2.17. The van der Waals surface area contributed by atoms with Crippen LogP contribution in [0.15, 0.2) is 11.6 Å². The van der Waals surface area contributed by atoms with Crippen LogP contribution in [0.1, 0.15) is 11.9 Å². The number of halogens is 3. The van der Waals surface area contributed by atoms with E-state index in [-0.39, 0.29) is 6.54 Å². The maximum absolute atomic E-state index is 12.4. The van der Waals surface area contributed by atoms with E-state index in [1.165, 1.54) is 11.3 Å². The first kappa shape index (κ1) is 13.9. The Kier molecular flexibility index (Phi) is 4.10. The van der Waals surface area contributed by atoms with Crippen LogP contribution < -0.4 is 11.1 Å². The molecule has 1 amide bonds. The van der Waals surface area contributed by atoms with Gasteiger partial charge in [0.05, 0.1) is 5.01 Å². The predicted octanol–water partition coefficient (Wildman–Crippen LogP) is 1.08. The van der Waals surface area contributed by atoms with E-state index in [1.54, 1.807) is 11.6 Å². The van der Waals surface area contributed by atoms with Gasteiger partial charge in [-0.15, -0.1) is 11.3 Å². The SMILES string of the molecule is CC(N)(C(=O)NCCc1nccs1)C(F)(F)F. The molecule has 0 radical (unpaired) electrons. The number of nitrogens with two attached hydrogens (primary N) is 1. The Hall–Kier alpha value is -1.15. The van der Waals surface area contributed by atoms with Crippen molar-refractivity contribution in [3.05, 3.63) is 16.6 Å². The molecule has 3 N–H and O–H groups in total. The van der Waals surface area contributed by atoms with Gasteiger partial charge in [-0.2, -0.15) is 13.2 Å². The number of alkyl halides is 3. The lowest BCUT2D eigenvalue weighted by Gasteiger charge is -2.25. The third kappa shape index (κ3) is 3.40. The molecule has 1 unspecified atom stereocenters. The van der Waals surface area contributed by atoms with Crippen LogP contribution in [-0.2, 0) is 11.2 Å². The summed E-state index contributed by atoms with van der Waals surface area (Å²) in [4.78, 5) is 15.2. The van der Waals surface area contributed by atoms with Crippen molar-refractivity contribution in [3.63, 3.8) is 0 Å². The Labute approximate surface area is 100 Å². The van der Waals surface area contributed by atoms with Crippen LogP contribution in [0.4, 0.5) is 13.2 Å². The van der Waals surface area contributed by atoms with Crippen LogP contribution in [0.5, 0.6) is 0 Å². The largest absolute Gasteiger partial charge is 0.415 e. The monoisotopic (exact) mass is 267 g/mol. The molecule has 0 saturated carbocycles. The minimum absolute atomic E-state index is 0.0786. The van der Waals surface area contributed by atoms with Gasteiger partial charge in [0.15, 0.2) is 5.54 Å². The fourth-order valence-electron chi connectivity index (χ4n) is 0.972. The highest BCUT2D eigenvalue weighted by atomic mass is 32.1. The van der Waals surface area contributed by atoms with Gasteiger partial charge >= 0.3 is 6.18 Å². The smallest absolute Gasteiger partial charge is 0.354 e. The Morgan fingerprint density at radius 1 is 1.59 bits per heavy atom. The fourth-order valence-corrected chi connectivity index (χ4v) is 1.59. The van der Waals surface area contributed by atoms with Gasteiger partial charge in [-0.05, 0) is 6.92 Å². The lowest BCUT2D eigenvalue weighted by Crippen LogP contribution is -2.61. The fraction of sp³-hybridized carbons (Fsp3) is 0.556. The summed E-state index contributed by atoms with van der Waals surface area (Å²) < 4.78 is 37.2. The molecule has 0 aliphatic heterocycles. The van der Waals surface area contributed by atoms with Gasteiger partial charge in [0.2, 0.25) is 5.91 Å². The molecule has 1 atom stereocenters. The van der Waals surface area contributed by atoms with Crippen molar-refractivity contribution < 1.29 is 18.0 Å². The van der Waals surface area contributed by atoms with Gasteiger partial charge in [0.1, 0.15) is 0 Å². The van der Waals surface area contributed by atoms with Gasteiger partial charge in [-0.25, -0.2) is 4.98 Å². The van der Waals surface area contributed by atoms with Crippen molar-refractivity contribution in [2.45, 2.75) is 25.1 Å². The number of nitrogens with one attached hydrogen (secondary N) is 1. The van der Waals surface area contributed by atoms with Crippen LogP contribution >= 0.6 is 11.3 Å². The van der Waals surface area contributed by atoms with Crippen LogP contribution in [0.25, 0.3) is 0 Å². The molecular formula is C9H12F3N3OS. The number of aromatic nitrogens is 1. The summed E-state index contributed by atoms with van der Waals surface area (Å²) in [7, 11) is 0. The molecule has 1 aromatic rings. The molecule has 4 nitrogen and oxygen atoms in total. The zero-order valence-corrected chi connectivity index (χ0v) is 9.86. The van der Waals surface area contributed by atoms with E-state index >= 15 is 0 Å². The molecule has 0 saturated heterocycles. The minimum atomic E-state index is -4.77. The average Bonchev–Trinajstić information content (AvgIpc) is 2.68. The topological polar surface area (TPSA) is 68.0 Å². The summed E-state index contributed by atoms with van der Waals surface area (Å²) in [6.07, 6.45) is -2.79. The minimum Gasteiger partial charge on any atom is -0.354 e. The van der Waals surface area contributed by atoms with Crippen LogP contribution in [-0.4, -0.2) is 29.2 Å². The number of rotatable bonds is 4. The van der Waals surface area contributed by atoms with E-state index in [4.69, 9.17) is 5.73 Å². The molecule has 1 heterocycles. The standard InChI is InChI=1S/C9H12F3N3OS/c1-8(13,9(10,11)12)7(16)15-3-2-6-14-4-5-17-6/h4-5H,2-3,13H2,1H3,(H,15,16). The number of nitrogens with zero attached hydrogens (tertiary/aromatic N) is 1. The number of carbonyl (C=O) groups excluding carboxylic acids is 1. The van der Waals surface area contributed by atoms with Crippen molar-refractivity contribution in [2.75, 3.05) is 6.54 Å². The highest BCUT2D eigenvalue weighted by molar-refractivity contribution is 7.09. The van der Waals surface area contributed by atoms with Crippen LogP contribution in [0, 0.1) is 0 Å². The molecule has 1 aromatic heterocycles. The summed E-state index contributed by atoms with van der Waals surface area (Å²) in [5, 5.41) is 4.65. The molecule has 0 aromatic carbocycles. The second-order valence-electron chi connectivity index (χ2n) is 3.63. The van der Waals surface area contributed by atoms with E-state index in [9.17, 15) is 18.0 Å². The Bertz CT molecular complexity index is 375. The van der Waals surface area contributed by atoms with Crippen molar-refractivity contribution in [2.24, 2.45) is 5.73 Å². The number of thiazole rings is 1. The molecule has 8 heteroatoms.